The lowest BCUT2D eigenvalue weighted by molar-refractivity contribution is -0.137. The van der Waals surface area contributed by atoms with Gasteiger partial charge in [-0.25, -0.2) is 9.07 Å². The number of aromatic nitrogens is 2. The van der Waals surface area contributed by atoms with Gasteiger partial charge in [0.05, 0.1) is 22.3 Å². The fraction of sp³-hybridized carbons (Fsp3) is 0.400. The van der Waals surface area contributed by atoms with Crippen LogP contribution < -0.4 is 0 Å². The van der Waals surface area contributed by atoms with Crippen LogP contribution in [0.1, 0.15) is 36.6 Å². The molecule has 1 aromatic carbocycles. The van der Waals surface area contributed by atoms with Gasteiger partial charge in [0.25, 0.3) is 0 Å². The number of hydrogen-bond donors (Lipinski definition) is 0. The smallest absolute Gasteiger partial charge is 0.356 e. The summed E-state index contributed by atoms with van der Waals surface area (Å²) in [6.07, 6.45) is -1.44. The second-order valence-corrected chi connectivity index (χ2v) is 5.74. The van der Waals surface area contributed by atoms with Crippen LogP contribution >= 0.6 is 11.6 Å². The molecule has 1 atom stereocenters. The minimum atomic E-state index is -4.76. The summed E-state index contributed by atoms with van der Waals surface area (Å²) >= 11 is 6.01. The van der Waals surface area contributed by atoms with E-state index >= 15 is 0 Å². The Labute approximate surface area is 134 Å². The lowest BCUT2D eigenvalue weighted by Crippen LogP contribution is -2.19. The average Bonchev–Trinajstić information content (AvgIpc) is 2.91. The Morgan fingerprint density at radius 3 is 2.70 bits per heavy atom. The van der Waals surface area contributed by atoms with Gasteiger partial charge in [-0.15, -0.1) is 0 Å². The Bertz CT molecular complexity index is 763. The van der Waals surface area contributed by atoms with E-state index in [-0.39, 0.29) is 15.9 Å². The maximum Gasteiger partial charge on any atom is 0.417 e. The molecule has 3 rings (SSSR count). The Morgan fingerprint density at radius 2 is 2.13 bits per heavy atom. The second-order valence-electron chi connectivity index (χ2n) is 5.36. The maximum absolute atomic E-state index is 13.5. The first-order valence-corrected chi connectivity index (χ1v) is 7.42. The zero-order valence-corrected chi connectivity index (χ0v) is 12.7. The molecule has 0 bridgehead atoms. The van der Waals surface area contributed by atoms with E-state index in [4.69, 9.17) is 16.3 Å². The number of fused-ring (bicyclic) bond motifs is 1. The largest absolute Gasteiger partial charge is 0.417 e. The number of alkyl halides is 3. The van der Waals surface area contributed by atoms with Gasteiger partial charge in [0.1, 0.15) is 5.83 Å². The van der Waals surface area contributed by atoms with Gasteiger partial charge in [-0.2, -0.15) is 18.3 Å². The molecular formula is C15H13ClF4N2O. The lowest BCUT2D eigenvalue weighted by Gasteiger charge is -2.24. The monoisotopic (exact) mass is 348 g/mol. The van der Waals surface area contributed by atoms with Crippen LogP contribution in [0.4, 0.5) is 17.6 Å². The fourth-order valence-corrected chi connectivity index (χ4v) is 3.13. The number of ether oxygens (including phenoxy) is 1. The maximum atomic E-state index is 13.5. The van der Waals surface area contributed by atoms with Crippen LogP contribution in [-0.2, 0) is 10.9 Å². The summed E-state index contributed by atoms with van der Waals surface area (Å²) in [5, 5.41) is 3.99. The number of hydrogen-bond acceptors (Lipinski definition) is 2. The third kappa shape index (κ3) is 2.83. The second kappa shape index (κ2) is 5.79. The SMILES string of the molecule is C=C(F)c1c(C(F)(F)F)cc2c(cnn2C2CCCCO2)c1Cl. The molecular weight excluding hydrogens is 336 g/mol. The molecule has 2 aromatic rings. The number of rotatable bonds is 2. The van der Waals surface area contributed by atoms with Gasteiger partial charge in [0, 0.05) is 17.6 Å². The highest BCUT2D eigenvalue weighted by Gasteiger charge is 2.37. The van der Waals surface area contributed by atoms with Gasteiger partial charge in [0.2, 0.25) is 0 Å². The highest BCUT2D eigenvalue weighted by Crippen LogP contribution is 2.43. The van der Waals surface area contributed by atoms with E-state index < -0.39 is 29.4 Å². The van der Waals surface area contributed by atoms with Crippen molar-refractivity contribution in [3.05, 3.63) is 35.0 Å². The van der Waals surface area contributed by atoms with Crippen LogP contribution in [0.5, 0.6) is 0 Å². The first kappa shape index (κ1) is 16.3. The Kier molecular flexibility index (Phi) is 4.10. The molecule has 0 saturated carbocycles. The average molecular weight is 349 g/mol. The predicted molar refractivity (Wildman–Crippen MR) is 78.7 cm³/mol. The molecule has 3 nitrogen and oxygen atoms in total. The van der Waals surface area contributed by atoms with Crippen molar-refractivity contribution in [2.45, 2.75) is 31.7 Å². The molecule has 1 aliphatic heterocycles. The van der Waals surface area contributed by atoms with E-state index in [2.05, 4.69) is 11.7 Å². The van der Waals surface area contributed by atoms with E-state index in [1.807, 2.05) is 0 Å². The van der Waals surface area contributed by atoms with Crippen molar-refractivity contribution in [1.82, 2.24) is 9.78 Å². The van der Waals surface area contributed by atoms with Crippen molar-refractivity contribution < 1.29 is 22.3 Å². The molecule has 8 heteroatoms. The summed E-state index contributed by atoms with van der Waals surface area (Å²) in [5.41, 5.74) is -1.74. The van der Waals surface area contributed by atoms with Crippen molar-refractivity contribution >= 4 is 28.3 Å². The van der Waals surface area contributed by atoms with Crippen molar-refractivity contribution in [1.29, 1.82) is 0 Å². The molecule has 1 aromatic heterocycles. The van der Waals surface area contributed by atoms with Crippen molar-refractivity contribution in [2.24, 2.45) is 0 Å². The topological polar surface area (TPSA) is 27.1 Å². The van der Waals surface area contributed by atoms with E-state index in [0.29, 0.717) is 13.0 Å². The van der Waals surface area contributed by atoms with Crippen LogP contribution in [0.25, 0.3) is 16.7 Å². The summed E-state index contributed by atoms with van der Waals surface area (Å²) < 4.78 is 60.3. The summed E-state index contributed by atoms with van der Waals surface area (Å²) in [6.45, 7) is 3.48. The number of nitrogens with zero attached hydrogens (tertiary/aromatic N) is 2. The zero-order valence-electron chi connectivity index (χ0n) is 12.0. The molecule has 0 radical (unpaired) electrons. The van der Waals surface area contributed by atoms with Gasteiger partial charge in [0.15, 0.2) is 6.23 Å². The quantitative estimate of drug-likeness (QED) is 0.684. The summed E-state index contributed by atoms with van der Waals surface area (Å²) in [5.74, 6) is -1.23. The standard InChI is InChI=1S/C15H13ClF4N2O/c1-8(17)13-10(15(18,19)20)6-11-9(14(13)16)7-21-22(11)12-4-2-3-5-23-12/h6-7,12H,1-5H2. The summed E-state index contributed by atoms with van der Waals surface area (Å²) in [6, 6.07) is 0.853. The number of benzene rings is 1. The molecule has 0 N–H and O–H groups in total. The molecule has 2 heterocycles. The molecule has 0 amide bonds. The molecule has 0 spiro atoms. The third-order valence-corrected chi connectivity index (χ3v) is 4.24. The Hall–Kier alpha value is -1.60. The highest BCUT2D eigenvalue weighted by atomic mass is 35.5. The molecule has 1 unspecified atom stereocenters. The minimum absolute atomic E-state index is 0.166. The molecule has 1 fully saturated rings. The van der Waals surface area contributed by atoms with Gasteiger partial charge in [-0.1, -0.05) is 18.2 Å². The van der Waals surface area contributed by atoms with E-state index in [1.165, 1.54) is 10.9 Å². The summed E-state index contributed by atoms with van der Waals surface area (Å²) in [4.78, 5) is 0. The van der Waals surface area contributed by atoms with Crippen LogP contribution in [-0.4, -0.2) is 16.4 Å². The van der Waals surface area contributed by atoms with E-state index in [9.17, 15) is 17.6 Å². The number of halogens is 5. The van der Waals surface area contributed by atoms with Crippen LogP contribution in [0.15, 0.2) is 18.8 Å². The van der Waals surface area contributed by atoms with Crippen LogP contribution in [0.2, 0.25) is 5.02 Å². The van der Waals surface area contributed by atoms with Gasteiger partial charge in [-0.05, 0) is 25.3 Å². The fourth-order valence-electron chi connectivity index (χ4n) is 2.78. The zero-order chi connectivity index (χ0) is 16.8. The van der Waals surface area contributed by atoms with Gasteiger partial charge >= 0.3 is 6.18 Å². The lowest BCUT2D eigenvalue weighted by atomic mass is 10.0. The molecule has 124 valence electrons. The third-order valence-electron chi connectivity index (χ3n) is 3.85. The van der Waals surface area contributed by atoms with E-state index in [1.54, 1.807) is 0 Å². The highest BCUT2D eigenvalue weighted by molar-refractivity contribution is 6.37. The van der Waals surface area contributed by atoms with Crippen molar-refractivity contribution in [2.75, 3.05) is 6.61 Å². The molecule has 1 aliphatic rings. The van der Waals surface area contributed by atoms with Crippen LogP contribution in [0, 0.1) is 0 Å². The molecule has 0 aliphatic carbocycles. The van der Waals surface area contributed by atoms with Gasteiger partial charge in [-0.3, -0.25) is 0 Å². The summed E-state index contributed by atoms with van der Waals surface area (Å²) in [7, 11) is 0. The van der Waals surface area contributed by atoms with Gasteiger partial charge < -0.3 is 4.74 Å². The molecule has 1 saturated heterocycles. The molecule has 23 heavy (non-hydrogen) atoms. The first-order valence-electron chi connectivity index (χ1n) is 7.04. The van der Waals surface area contributed by atoms with E-state index in [0.717, 1.165) is 18.9 Å². The van der Waals surface area contributed by atoms with Crippen LogP contribution in [0.3, 0.4) is 0 Å². The predicted octanol–water partition coefficient (Wildman–Crippen LogP) is 5.35. The minimum Gasteiger partial charge on any atom is -0.356 e. The Balaban J connectivity index is 2.24. The first-order chi connectivity index (χ1) is 10.8. The normalized spacial score (nSPS) is 19.3. The van der Waals surface area contributed by atoms with Crippen molar-refractivity contribution in [3.63, 3.8) is 0 Å². The Morgan fingerprint density at radius 1 is 1.39 bits per heavy atom. The van der Waals surface area contributed by atoms with Crippen molar-refractivity contribution in [3.8, 4) is 0 Å².